The van der Waals surface area contributed by atoms with Crippen molar-refractivity contribution < 1.29 is 40.5 Å². The van der Waals surface area contributed by atoms with E-state index in [1.807, 2.05) is 0 Å². The van der Waals surface area contributed by atoms with Crippen molar-refractivity contribution >= 4 is 5.97 Å². The first kappa shape index (κ1) is 17.6. The largest absolute Gasteiger partial charge is 0.479 e. The Morgan fingerprint density at radius 1 is 0.938 bits per heavy atom. The molecule has 0 saturated carbocycles. The molecule has 9 heteroatoms. The lowest BCUT2D eigenvalue weighted by Gasteiger charge is -2.26. The molecule has 0 radical (unpaired) electrons. The van der Waals surface area contributed by atoms with Gasteiger partial charge in [-0.15, -0.1) is 0 Å². The van der Waals surface area contributed by atoms with E-state index in [1.165, 1.54) is 0 Å². The molecule has 10 N–H and O–H groups in total. The Labute approximate surface area is 90.8 Å². The third-order valence-corrected chi connectivity index (χ3v) is 1.86. The monoisotopic (exact) mass is 243 g/mol. The highest BCUT2D eigenvalue weighted by Crippen LogP contribution is 2.08. The van der Waals surface area contributed by atoms with E-state index in [1.54, 1.807) is 0 Å². The maximum Gasteiger partial charge on any atom is 0.335 e. The van der Waals surface area contributed by atoms with Gasteiger partial charge in [-0.25, -0.2) is 4.79 Å². The molecule has 0 aromatic rings. The molecule has 0 fully saturated rings. The zero-order valence-electron chi connectivity index (χ0n) is 8.34. The van der Waals surface area contributed by atoms with Gasteiger partial charge in [0.25, 0.3) is 0 Å². The molecule has 0 bridgehead atoms. The van der Waals surface area contributed by atoms with E-state index < -0.39 is 43.1 Å². The van der Waals surface area contributed by atoms with E-state index in [2.05, 4.69) is 0 Å². The minimum atomic E-state index is -2.29. The van der Waals surface area contributed by atoms with E-state index in [4.69, 9.17) is 35.7 Å². The van der Waals surface area contributed by atoms with Crippen molar-refractivity contribution in [2.45, 2.75) is 30.5 Å². The quantitative estimate of drug-likeness (QED) is 0.229. The van der Waals surface area contributed by atoms with Gasteiger partial charge in [0, 0.05) is 0 Å². The molecule has 9 nitrogen and oxygen atoms in total. The first-order valence-electron chi connectivity index (χ1n) is 4.07. The zero-order chi connectivity index (χ0) is 12.2. The number of aliphatic hydroxyl groups excluding tert-OH is 6. The summed E-state index contributed by atoms with van der Waals surface area (Å²) in [5.74, 6) is -1.78. The number of carboxylic acids is 1. The topological polar surface area (TPSA) is 194 Å². The lowest BCUT2D eigenvalue weighted by atomic mass is 9.99. The summed E-state index contributed by atoms with van der Waals surface area (Å²) in [6.07, 6.45) is -10.2. The molecular weight excluding hydrogens is 226 g/mol. The Kier molecular flexibility index (Phi) is 8.20. The molecular formula is C7H17NO8. The van der Waals surface area contributed by atoms with Gasteiger partial charge in [-0.2, -0.15) is 0 Å². The lowest BCUT2D eigenvalue weighted by molar-refractivity contribution is -0.169. The molecule has 0 spiro atoms. The van der Waals surface area contributed by atoms with Crippen molar-refractivity contribution in [2.24, 2.45) is 0 Å². The summed E-state index contributed by atoms with van der Waals surface area (Å²) in [6.45, 7) is -0.881. The summed E-state index contributed by atoms with van der Waals surface area (Å²) < 4.78 is 0. The van der Waals surface area contributed by atoms with Crippen LogP contribution in [0.3, 0.4) is 0 Å². The summed E-state index contributed by atoms with van der Waals surface area (Å²) in [7, 11) is 0. The smallest absolute Gasteiger partial charge is 0.335 e. The minimum Gasteiger partial charge on any atom is -0.479 e. The third kappa shape index (κ3) is 4.37. The van der Waals surface area contributed by atoms with Crippen LogP contribution >= 0.6 is 0 Å². The minimum absolute atomic E-state index is 0. The van der Waals surface area contributed by atoms with Gasteiger partial charge in [0.2, 0.25) is 0 Å². The second-order valence-electron chi connectivity index (χ2n) is 3.00. The molecule has 0 heterocycles. The molecule has 0 rings (SSSR count). The summed E-state index contributed by atoms with van der Waals surface area (Å²) >= 11 is 0. The van der Waals surface area contributed by atoms with Crippen molar-refractivity contribution in [3.63, 3.8) is 0 Å². The van der Waals surface area contributed by atoms with Crippen molar-refractivity contribution in [1.29, 1.82) is 0 Å². The van der Waals surface area contributed by atoms with Crippen LogP contribution in [0, 0.1) is 0 Å². The predicted molar refractivity (Wildman–Crippen MR) is 49.8 cm³/mol. The summed E-state index contributed by atoms with van der Waals surface area (Å²) in [6, 6.07) is 0. The van der Waals surface area contributed by atoms with Crippen molar-refractivity contribution in [2.75, 3.05) is 6.61 Å². The molecule has 0 aromatic carbocycles. The van der Waals surface area contributed by atoms with Crippen LogP contribution in [0.1, 0.15) is 0 Å². The van der Waals surface area contributed by atoms with Gasteiger partial charge in [0.1, 0.15) is 24.4 Å². The molecule has 0 aliphatic rings. The van der Waals surface area contributed by atoms with Crippen LogP contribution in [-0.2, 0) is 4.79 Å². The van der Waals surface area contributed by atoms with Gasteiger partial charge in [-0.3, -0.25) is 0 Å². The predicted octanol–water partition coefficient (Wildman–Crippen LogP) is -3.97. The Hall–Kier alpha value is -0.810. The molecule has 5 atom stereocenters. The van der Waals surface area contributed by atoms with E-state index in [-0.39, 0.29) is 6.15 Å². The van der Waals surface area contributed by atoms with Gasteiger partial charge in [0.05, 0.1) is 6.61 Å². The SMILES string of the molecule is N.O=C(O)[C@H](O)[C@@H](O)[C@H](O)[C@H](O)C(O)CO. The molecule has 0 saturated heterocycles. The number of hydrogen-bond donors (Lipinski definition) is 8. The summed E-state index contributed by atoms with van der Waals surface area (Å²) in [5, 5.41) is 61.5. The molecule has 16 heavy (non-hydrogen) atoms. The number of rotatable bonds is 6. The van der Waals surface area contributed by atoms with Gasteiger partial charge in [0.15, 0.2) is 6.10 Å². The number of carbonyl (C=O) groups is 1. The van der Waals surface area contributed by atoms with Crippen LogP contribution in [0.5, 0.6) is 0 Å². The maximum absolute atomic E-state index is 10.2. The molecule has 98 valence electrons. The second kappa shape index (κ2) is 7.46. The fourth-order valence-corrected chi connectivity index (χ4v) is 0.870. The van der Waals surface area contributed by atoms with Gasteiger partial charge in [-0.05, 0) is 0 Å². The van der Waals surface area contributed by atoms with E-state index in [9.17, 15) is 4.79 Å². The second-order valence-corrected chi connectivity index (χ2v) is 3.00. The van der Waals surface area contributed by atoms with E-state index >= 15 is 0 Å². The van der Waals surface area contributed by atoms with Gasteiger partial charge >= 0.3 is 5.97 Å². The highest BCUT2D eigenvalue weighted by atomic mass is 16.4. The summed E-state index contributed by atoms with van der Waals surface area (Å²) in [5.41, 5.74) is 0. The Morgan fingerprint density at radius 3 is 1.69 bits per heavy atom. The average Bonchev–Trinajstić information content (AvgIpc) is 2.23. The van der Waals surface area contributed by atoms with E-state index in [0.717, 1.165) is 0 Å². The number of hydrogen-bond acceptors (Lipinski definition) is 8. The van der Waals surface area contributed by atoms with E-state index in [0.29, 0.717) is 0 Å². The Morgan fingerprint density at radius 2 is 1.38 bits per heavy atom. The average molecular weight is 243 g/mol. The molecule has 0 aromatic heterocycles. The van der Waals surface area contributed by atoms with Crippen molar-refractivity contribution in [3.05, 3.63) is 0 Å². The molecule has 0 amide bonds. The summed E-state index contributed by atoms with van der Waals surface area (Å²) in [4.78, 5) is 10.2. The fraction of sp³-hybridized carbons (Fsp3) is 0.857. The van der Waals surface area contributed by atoms with Crippen LogP contribution in [0.25, 0.3) is 0 Å². The van der Waals surface area contributed by atoms with Crippen LogP contribution in [0.15, 0.2) is 0 Å². The first-order valence-corrected chi connectivity index (χ1v) is 4.07. The van der Waals surface area contributed by atoms with Crippen LogP contribution in [0.4, 0.5) is 0 Å². The molecule has 0 aliphatic heterocycles. The maximum atomic E-state index is 10.2. The molecule has 0 aliphatic carbocycles. The third-order valence-electron chi connectivity index (χ3n) is 1.86. The van der Waals surface area contributed by atoms with Crippen molar-refractivity contribution in [1.82, 2.24) is 6.15 Å². The first-order chi connectivity index (χ1) is 6.82. The van der Waals surface area contributed by atoms with Crippen LogP contribution in [-0.4, -0.2) is 78.8 Å². The number of aliphatic hydroxyl groups is 6. The normalized spacial score (nSPS) is 20.1. The molecule has 1 unspecified atom stereocenters. The van der Waals surface area contributed by atoms with Gasteiger partial charge < -0.3 is 41.9 Å². The van der Waals surface area contributed by atoms with Crippen molar-refractivity contribution in [3.8, 4) is 0 Å². The highest BCUT2D eigenvalue weighted by molar-refractivity contribution is 5.72. The fourth-order valence-electron chi connectivity index (χ4n) is 0.870. The standard InChI is InChI=1S/C7H14O8.H3N/c8-1-2(9)3(10)4(11)5(12)6(13)7(14)15;/h2-6,8-13H,1H2,(H,14,15);1H3/t2?,3-,4-,5+,6-;/m1./s1. The number of carboxylic acid groups (broad SMARTS) is 1. The Balaban J connectivity index is 0. The van der Waals surface area contributed by atoms with Gasteiger partial charge in [-0.1, -0.05) is 0 Å². The van der Waals surface area contributed by atoms with Crippen LogP contribution < -0.4 is 6.15 Å². The Bertz CT molecular complexity index is 213. The van der Waals surface area contributed by atoms with Crippen LogP contribution in [0.2, 0.25) is 0 Å². The number of aliphatic carboxylic acids is 1. The lowest BCUT2D eigenvalue weighted by Crippen LogP contribution is -2.51. The highest BCUT2D eigenvalue weighted by Gasteiger charge is 2.36. The zero-order valence-corrected chi connectivity index (χ0v) is 8.34.